The average molecular weight is 284 g/mol. The molecule has 5 nitrogen and oxygen atoms in total. The van der Waals surface area contributed by atoms with E-state index in [1.54, 1.807) is 45.2 Å². The SMILES string of the molecule is CCC(C)S(=O)(=O)CC(=O)N(C)c1ccc(N)cc1. The lowest BCUT2D eigenvalue weighted by molar-refractivity contribution is -0.115. The van der Waals surface area contributed by atoms with E-state index in [-0.39, 0.29) is 0 Å². The van der Waals surface area contributed by atoms with E-state index in [1.165, 1.54) is 4.90 Å². The van der Waals surface area contributed by atoms with Crippen molar-refractivity contribution in [2.75, 3.05) is 23.4 Å². The van der Waals surface area contributed by atoms with Crippen LogP contribution in [-0.4, -0.2) is 32.4 Å². The Kier molecular flexibility index (Phi) is 4.94. The van der Waals surface area contributed by atoms with Crippen molar-refractivity contribution in [3.05, 3.63) is 24.3 Å². The number of sulfone groups is 1. The first-order valence-electron chi connectivity index (χ1n) is 6.11. The molecule has 2 N–H and O–H groups in total. The van der Waals surface area contributed by atoms with E-state index in [0.717, 1.165) is 0 Å². The fourth-order valence-electron chi connectivity index (χ4n) is 1.51. The van der Waals surface area contributed by atoms with Gasteiger partial charge in [0.05, 0.1) is 5.25 Å². The number of nitrogens with zero attached hydrogens (tertiary/aromatic N) is 1. The minimum atomic E-state index is -3.39. The summed E-state index contributed by atoms with van der Waals surface area (Å²) in [4.78, 5) is 13.3. The average Bonchev–Trinajstić information content (AvgIpc) is 2.37. The molecule has 6 heteroatoms. The second kappa shape index (κ2) is 6.06. The molecule has 0 aliphatic carbocycles. The van der Waals surface area contributed by atoms with E-state index in [9.17, 15) is 13.2 Å². The van der Waals surface area contributed by atoms with Crippen LogP contribution in [0.2, 0.25) is 0 Å². The van der Waals surface area contributed by atoms with Gasteiger partial charge in [-0.25, -0.2) is 8.42 Å². The van der Waals surface area contributed by atoms with Crippen LogP contribution < -0.4 is 10.6 Å². The third-order valence-electron chi connectivity index (χ3n) is 3.17. The standard InChI is InChI=1S/C13H20N2O3S/c1-4-10(2)19(17,18)9-13(16)15(3)12-7-5-11(14)6-8-12/h5-8,10H,4,9,14H2,1-3H3. The number of nitrogens with two attached hydrogens (primary N) is 1. The predicted octanol–water partition coefficient (Wildman–Crippen LogP) is 1.44. The van der Waals surface area contributed by atoms with Crippen molar-refractivity contribution in [1.29, 1.82) is 0 Å². The lowest BCUT2D eigenvalue weighted by Gasteiger charge is -2.18. The van der Waals surface area contributed by atoms with E-state index in [4.69, 9.17) is 5.73 Å². The van der Waals surface area contributed by atoms with Gasteiger partial charge in [0.2, 0.25) is 5.91 Å². The highest BCUT2D eigenvalue weighted by atomic mass is 32.2. The van der Waals surface area contributed by atoms with E-state index in [0.29, 0.717) is 17.8 Å². The second-order valence-electron chi connectivity index (χ2n) is 4.57. The fraction of sp³-hybridized carbons (Fsp3) is 0.462. The van der Waals surface area contributed by atoms with E-state index in [1.807, 2.05) is 0 Å². The van der Waals surface area contributed by atoms with Gasteiger partial charge in [0.1, 0.15) is 5.75 Å². The second-order valence-corrected chi connectivity index (χ2v) is 6.99. The highest BCUT2D eigenvalue weighted by molar-refractivity contribution is 7.92. The Morgan fingerprint density at radius 2 is 1.84 bits per heavy atom. The number of amides is 1. The molecule has 0 saturated carbocycles. The Morgan fingerprint density at radius 3 is 2.32 bits per heavy atom. The Bertz CT molecular complexity index is 538. The third-order valence-corrected chi connectivity index (χ3v) is 5.38. The molecule has 1 aromatic carbocycles. The van der Waals surface area contributed by atoms with Crippen molar-refractivity contribution in [3.8, 4) is 0 Å². The number of hydrogen-bond donors (Lipinski definition) is 1. The molecule has 106 valence electrons. The van der Waals surface area contributed by atoms with Gasteiger partial charge < -0.3 is 10.6 Å². The fourth-order valence-corrected chi connectivity index (χ4v) is 2.84. The van der Waals surface area contributed by atoms with E-state index < -0.39 is 26.7 Å². The zero-order valence-electron chi connectivity index (χ0n) is 11.5. The molecule has 1 atom stereocenters. The molecule has 0 radical (unpaired) electrons. The highest BCUT2D eigenvalue weighted by Crippen LogP contribution is 2.16. The summed E-state index contributed by atoms with van der Waals surface area (Å²) >= 11 is 0. The summed E-state index contributed by atoms with van der Waals surface area (Å²) in [5, 5.41) is -0.503. The van der Waals surface area contributed by atoms with Gasteiger partial charge in [0.25, 0.3) is 0 Å². The quantitative estimate of drug-likeness (QED) is 0.830. The van der Waals surface area contributed by atoms with Gasteiger partial charge in [-0.15, -0.1) is 0 Å². The Morgan fingerprint density at radius 1 is 1.32 bits per heavy atom. The first-order chi connectivity index (χ1) is 8.77. The molecule has 19 heavy (non-hydrogen) atoms. The molecule has 0 aliphatic heterocycles. The van der Waals surface area contributed by atoms with Crippen molar-refractivity contribution in [1.82, 2.24) is 0 Å². The Hall–Kier alpha value is -1.56. The molecular weight excluding hydrogens is 264 g/mol. The predicted molar refractivity (Wildman–Crippen MR) is 77.8 cm³/mol. The van der Waals surface area contributed by atoms with Crippen molar-refractivity contribution in [2.24, 2.45) is 0 Å². The maximum Gasteiger partial charge on any atom is 0.241 e. The van der Waals surface area contributed by atoms with Gasteiger partial charge in [0, 0.05) is 18.4 Å². The van der Waals surface area contributed by atoms with Crippen molar-refractivity contribution >= 4 is 27.1 Å². The number of hydrogen-bond acceptors (Lipinski definition) is 4. The van der Waals surface area contributed by atoms with Gasteiger partial charge in [-0.2, -0.15) is 0 Å². The van der Waals surface area contributed by atoms with Crippen LogP contribution in [0.1, 0.15) is 20.3 Å². The highest BCUT2D eigenvalue weighted by Gasteiger charge is 2.25. The summed E-state index contributed by atoms with van der Waals surface area (Å²) in [6, 6.07) is 6.71. The summed E-state index contributed by atoms with van der Waals surface area (Å²) in [5.74, 6) is -0.909. The lowest BCUT2D eigenvalue weighted by atomic mass is 10.2. The molecule has 0 saturated heterocycles. The molecule has 1 rings (SSSR count). The summed E-state index contributed by atoms with van der Waals surface area (Å²) in [6.45, 7) is 3.40. The van der Waals surface area contributed by atoms with Crippen LogP contribution in [0, 0.1) is 0 Å². The maximum atomic E-state index is 12.0. The number of carbonyl (C=O) groups excluding carboxylic acids is 1. The first kappa shape index (κ1) is 15.5. The van der Waals surface area contributed by atoms with Crippen molar-refractivity contribution in [2.45, 2.75) is 25.5 Å². The molecule has 0 aliphatic rings. The molecule has 1 amide bonds. The number of rotatable bonds is 5. The normalized spacial score (nSPS) is 13.0. The van der Waals surface area contributed by atoms with Gasteiger partial charge in [-0.3, -0.25) is 4.79 Å². The zero-order valence-corrected chi connectivity index (χ0v) is 12.3. The monoisotopic (exact) mass is 284 g/mol. The van der Waals surface area contributed by atoms with E-state index in [2.05, 4.69) is 0 Å². The van der Waals surface area contributed by atoms with Crippen LogP contribution in [0.3, 0.4) is 0 Å². The number of benzene rings is 1. The van der Waals surface area contributed by atoms with Gasteiger partial charge in [-0.1, -0.05) is 6.92 Å². The number of anilines is 2. The van der Waals surface area contributed by atoms with Crippen LogP contribution in [0.5, 0.6) is 0 Å². The lowest BCUT2D eigenvalue weighted by Crippen LogP contribution is -2.35. The summed E-state index contributed by atoms with van der Waals surface area (Å²) < 4.78 is 23.8. The molecule has 0 aromatic heterocycles. The minimum absolute atomic E-state index is 0.440. The van der Waals surface area contributed by atoms with Crippen LogP contribution in [0.4, 0.5) is 11.4 Å². The topological polar surface area (TPSA) is 80.5 Å². The molecule has 1 unspecified atom stereocenters. The summed E-state index contributed by atoms with van der Waals surface area (Å²) in [7, 11) is -1.83. The molecular formula is C13H20N2O3S. The van der Waals surface area contributed by atoms with E-state index >= 15 is 0 Å². The van der Waals surface area contributed by atoms with Gasteiger partial charge >= 0.3 is 0 Å². The maximum absolute atomic E-state index is 12.0. The Labute approximate surface area is 114 Å². The number of carbonyl (C=O) groups is 1. The zero-order chi connectivity index (χ0) is 14.6. The van der Waals surface area contributed by atoms with Gasteiger partial charge in [0.15, 0.2) is 9.84 Å². The molecule has 1 aromatic rings. The van der Waals surface area contributed by atoms with Crippen LogP contribution in [0.25, 0.3) is 0 Å². The molecule has 0 heterocycles. The number of nitrogen functional groups attached to an aromatic ring is 1. The van der Waals surface area contributed by atoms with Crippen molar-refractivity contribution in [3.63, 3.8) is 0 Å². The smallest absolute Gasteiger partial charge is 0.241 e. The molecule has 0 spiro atoms. The van der Waals surface area contributed by atoms with Crippen LogP contribution in [0.15, 0.2) is 24.3 Å². The van der Waals surface area contributed by atoms with Crippen LogP contribution in [-0.2, 0) is 14.6 Å². The first-order valence-corrected chi connectivity index (χ1v) is 7.83. The minimum Gasteiger partial charge on any atom is -0.399 e. The molecule has 0 fully saturated rings. The third kappa shape index (κ3) is 3.96. The Balaban J connectivity index is 2.81. The summed E-state index contributed by atoms with van der Waals surface area (Å²) in [6.07, 6.45) is 0.501. The van der Waals surface area contributed by atoms with Gasteiger partial charge in [-0.05, 0) is 37.6 Å². The summed E-state index contributed by atoms with van der Waals surface area (Å²) in [5.41, 5.74) is 6.78. The molecule has 0 bridgehead atoms. The van der Waals surface area contributed by atoms with Crippen LogP contribution >= 0.6 is 0 Å². The van der Waals surface area contributed by atoms with Crippen molar-refractivity contribution < 1.29 is 13.2 Å². The largest absolute Gasteiger partial charge is 0.399 e.